The lowest BCUT2D eigenvalue weighted by atomic mass is 9.96. The van der Waals surface area contributed by atoms with Gasteiger partial charge < -0.3 is 0 Å². The number of para-hydroxylation sites is 2. The molecular formula is C34H24N6O2. The lowest BCUT2D eigenvalue weighted by Crippen LogP contribution is -2.07. The Balaban J connectivity index is 1.05. The summed E-state index contributed by atoms with van der Waals surface area (Å²) in [5.74, 6) is -0.282. The summed E-state index contributed by atoms with van der Waals surface area (Å²) in [6, 6.07) is 37.4. The van der Waals surface area contributed by atoms with E-state index in [0.717, 1.165) is 33.2 Å². The number of hydrogen-bond donors (Lipinski definition) is 0. The molecule has 0 aliphatic carbocycles. The van der Waals surface area contributed by atoms with Gasteiger partial charge in [0.15, 0.2) is 11.6 Å². The van der Waals surface area contributed by atoms with Crippen molar-refractivity contribution in [3.8, 4) is 0 Å². The van der Waals surface area contributed by atoms with Crippen LogP contribution < -0.4 is 0 Å². The third-order valence-electron chi connectivity index (χ3n) is 7.32. The van der Waals surface area contributed by atoms with E-state index in [1.165, 1.54) is 0 Å². The average molecular weight is 549 g/mol. The Labute approximate surface area is 240 Å². The molecule has 7 rings (SSSR count). The molecule has 0 saturated heterocycles. The molecule has 0 saturated carbocycles. The molecule has 0 atom stereocenters. The molecule has 0 radical (unpaired) electrons. The summed E-state index contributed by atoms with van der Waals surface area (Å²) in [7, 11) is 0. The molecule has 0 aliphatic heterocycles. The van der Waals surface area contributed by atoms with Gasteiger partial charge in [-0.15, -0.1) is 10.2 Å². The molecule has 0 fully saturated rings. The maximum atomic E-state index is 13.3. The van der Waals surface area contributed by atoms with Gasteiger partial charge in [0.05, 0.1) is 24.1 Å². The van der Waals surface area contributed by atoms with Crippen molar-refractivity contribution in [2.24, 2.45) is 0 Å². The molecule has 8 nitrogen and oxygen atoms in total. The number of benzene rings is 5. The normalized spacial score (nSPS) is 11.2. The molecule has 0 N–H and O–H groups in total. The van der Waals surface area contributed by atoms with Crippen molar-refractivity contribution in [3.05, 3.63) is 155 Å². The molecule has 8 heteroatoms. The first-order valence-electron chi connectivity index (χ1n) is 13.6. The molecule has 0 bridgehead atoms. The van der Waals surface area contributed by atoms with Crippen molar-refractivity contribution in [1.82, 2.24) is 30.0 Å². The number of ketones is 2. The van der Waals surface area contributed by atoms with Crippen LogP contribution in [0.1, 0.15) is 43.0 Å². The van der Waals surface area contributed by atoms with Gasteiger partial charge >= 0.3 is 0 Å². The Morgan fingerprint density at radius 1 is 0.476 bits per heavy atom. The molecule has 0 aliphatic rings. The maximum Gasteiger partial charge on any atom is 0.193 e. The number of fused-ring (bicyclic) bond motifs is 2. The predicted molar refractivity (Wildman–Crippen MR) is 159 cm³/mol. The van der Waals surface area contributed by atoms with Gasteiger partial charge in [0.25, 0.3) is 0 Å². The van der Waals surface area contributed by atoms with Crippen molar-refractivity contribution in [3.63, 3.8) is 0 Å². The van der Waals surface area contributed by atoms with Crippen molar-refractivity contribution in [2.75, 3.05) is 0 Å². The molecule has 202 valence electrons. The summed E-state index contributed by atoms with van der Waals surface area (Å²) >= 11 is 0. The summed E-state index contributed by atoms with van der Waals surface area (Å²) in [5.41, 5.74) is 7.64. The lowest BCUT2D eigenvalue weighted by molar-refractivity contribution is 0.103. The molecule has 0 unspecified atom stereocenters. The fraction of sp³-hybridized carbons (Fsp3) is 0.0588. The zero-order valence-corrected chi connectivity index (χ0v) is 22.5. The third kappa shape index (κ3) is 4.86. The molecule has 0 spiro atoms. The van der Waals surface area contributed by atoms with Gasteiger partial charge in [-0.05, 0) is 41.5 Å². The van der Waals surface area contributed by atoms with Gasteiger partial charge in [-0.3, -0.25) is 9.59 Å². The van der Waals surface area contributed by atoms with Crippen LogP contribution in [0.15, 0.2) is 121 Å². The zero-order chi connectivity index (χ0) is 28.5. The van der Waals surface area contributed by atoms with Crippen LogP contribution in [0.25, 0.3) is 22.1 Å². The smallest absolute Gasteiger partial charge is 0.193 e. The fourth-order valence-corrected chi connectivity index (χ4v) is 5.07. The monoisotopic (exact) mass is 548 g/mol. The molecule has 2 aromatic heterocycles. The fourth-order valence-electron chi connectivity index (χ4n) is 5.07. The number of hydrogen-bond acceptors (Lipinski definition) is 6. The van der Waals surface area contributed by atoms with Crippen LogP contribution in [-0.2, 0) is 13.1 Å². The maximum absolute atomic E-state index is 13.3. The van der Waals surface area contributed by atoms with Crippen molar-refractivity contribution >= 4 is 33.6 Å². The number of carbonyl (C=O) groups is 2. The lowest BCUT2D eigenvalue weighted by Gasteiger charge is -2.08. The minimum Gasteiger partial charge on any atom is -0.289 e. The quantitative estimate of drug-likeness (QED) is 0.225. The summed E-state index contributed by atoms with van der Waals surface area (Å²) in [6.07, 6.45) is 0. The van der Waals surface area contributed by atoms with Crippen LogP contribution in [0.4, 0.5) is 0 Å². The summed E-state index contributed by atoms with van der Waals surface area (Å²) in [5, 5.41) is 16.9. The van der Waals surface area contributed by atoms with Gasteiger partial charge in [-0.25, -0.2) is 9.36 Å². The van der Waals surface area contributed by atoms with E-state index in [-0.39, 0.29) is 11.6 Å². The highest BCUT2D eigenvalue weighted by atomic mass is 16.1. The third-order valence-corrected chi connectivity index (χ3v) is 7.32. The number of aromatic nitrogens is 6. The molecule has 5 aromatic carbocycles. The van der Waals surface area contributed by atoms with E-state index < -0.39 is 0 Å². The first-order chi connectivity index (χ1) is 20.6. The minimum atomic E-state index is -0.141. The molecular weight excluding hydrogens is 524 g/mol. The average Bonchev–Trinajstić information content (AvgIpc) is 3.65. The summed E-state index contributed by atoms with van der Waals surface area (Å²) < 4.78 is 3.68. The number of nitrogens with zero attached hydrogens (tertiary/aromatic N) is 6. The highest BCUT2D eigenvalue weighted by molar-refractivity contribution is 6.13. The van der Waals surface area contributed by atoms with Crippen LogP contribution in [0.2, 0.25) is 0 Å². The number of carbonyl (C=O) groups excluding carboxylic acids is 2. The second-order valence-electron chi connectivity index (χ2n) is 10.1. The van der Waals surface area contributed by atoms with Gasteiger partial charge in [-0.1, -0.05) is 101 Å². The largest absolute Gasteiger partial charge is 0.289 e. The zero-order valence-electron chi connectivity index (χ0n) is 22.5. The second-order valence-corrected chi connectivity index (χ2v) is 10.1. The minimum absolute atomic E-state index is 0.141. The van der Waals surface area contributed by atoms with Gasteiger partial charge in [0.2, 0.25) is 0 Å². The van der Waals surface area contributed by atoms with Crippen LogP contribution >= 0.6 is 0 Å². The van der Waals surface area contributed by atoms with E-state index in [2.05, 4.69) is 20.6 Å². The molecule has 42 heavy (non-hydrogen) atoms. The van der Waals surface area contributed by atoms with E-state index in [4.69, 9.17) is 0 Å². The van der Waals surface area contributed by atoms with E-state index in [0.29, 0.717) is 35.3 Å². The standard InChI is InChI=1S/C34H24N6O2/c41-33(25-16-12-23(13-17-25)21-39-31-10-3-1-8-29(31)35-37-39)27-6-5-7-28(20-27)34(42)26-18-14-24(15-19-26)22-40-32-11-4-2-9-30(32)36-38-40/h1-20H,21-22H2. The van der Waals surface area contributed by atoms with Crippen molar-refractivity contribution in [2.45, 2.75) is 13.1 Å². The Morgan fingerprint density at radius 2 is 0.905 bits per heavy atom. The van der Waals surface area contributed by atoms with E-state index >= 15 is 0 Å². The van der Waals surface area contributed by atoms with Crippen molar-refractivity contribution < 1.29 is 9.59 Å². The van der Waals surface area contributed by atoms with Gasteiger partial charge in [0.1, 0.15) is 11.0 Å². The summed E-state index contributed by atoms with van der Waals surface area (Å²) in [6.45, 7) is 1.10. The Kier molecular flexibility index (Phi) is 6.41. The summed E-state index contributed by atoms with van der Waals surface area (Å²) in [4.78, 5) is 26.6. The first-order valence-corrected chi connectivity index (χ1v) is 13.6. The highest BCUT2D eigenvalue weighted by Gasteiger charge is 2.15. The van der Waals surface area contributed by atoms with Crippen LogP contribution in [0.5, 0.6) is 0 Å². The van der Waals surface area contributed by atoms with Gasteiger partial charge in [0, 0.05) is 22.3 Å². The Morgan fingerprint density at radius 3 is 1.36 bits per heavy atom. The van der Waals surface area contributed by atoms with Crippen molar-refractivity contribution in [1.29, 1.82) is 0 Å². The molecule has 7 aromatic rings. The topological polar surface area (TPSA) is 95.6 Å². The van der Waals surface area contributed by atoms with Crippen LogP contribution in [-0.4, -0.2) is 41.6 Å². The SMILES string of the molecule is O=C(c1ccc(Cn2nnc3ccccc32)cc1)c1cccc(C(=O)c2ccc(Cn3nnc4ccccc43)cc2)c1. The predicted octanol–water partition coefficient (Wildman–Crippen LogP) is 5.73. The van der Waals surface area contributed by atoms with Crippen LogP contribution in [0, 0.1) is 0 Å². The van der Waals surface area contributed by atoms with E-state index in [1.54, 1.807) is 24.3 Å². The number of rotatable bonds is 8. The second kappa shape index (κ2) is 10.7. The Bertz CT molecular complexity index is 1930. The van der Waals surface area contributed by atoms with E-state index in [1.807, 2.05) is 106 Å². The van der Waals surface area contributed by atoms with Gasteiger partial charge in [-0.2, -0.15) is 0 Å². The molecule has 0 amide bonds. The first kappa shape index (κ1) is 25.2. The van der Waals surface area contributed by atoms with E-state index in [9.17, 15) is 9.59 Å². The Hall–Kier alpha value is -5.76. The highest BCUT2D eigenvalue weighted by Crippen LogP contribution is 2.19. The molecule has 2 heterocycles. The van der Waals surface area contributed by atoms with Crippen LogP contribution in [0.3, 0.4) is 0 Å².